The van der Waals surface area contributed by atoms with Crippen molar-refractivity contribution in [2.75, 3.05) is 43.1 Å². The van der Waals surface area contributed by atoms with Crippen LogP contribution in [0.15, 0.2) is 55.0 Å². The van der Waals surface area contributed by atoms with Gasteiger partial charge < -0.3 is 20.9 Å². The van der Waals surface area contributed by atoms with E-state index < -0.39 is 0 Å². The molecule has 0 unspecified atom stereocenters. The second-order valence-corrected chi connectivity index (χ2v) is 9.76. The molecule has 0 bridgehead atoms. The van der Waals surface area contributed by atoms with Gasteiger partial charge in [0.05, 0.1) is 4.88 Å². The average molecular weight is 474 g/mol. The molecule has 0 aliphatic carbocycles. The molecule has 4 aromatic rings. The minimum absolute atomic E-state index is 0.210. The first kappa shape index (κ1) is 22.2. The molecule has 3 aromatic heterocycles. The number of nitrogens with zero attached hydrogens (tertiary/aromatic N) is 5. The quantitative estimate of drug-likeness (QED) is 0.450. The summed E-state index contributed by atoms with van der Waals surface area (Å²) in [7, 11) is 4.20. The number of hydrogen-bond donors (Lipinski definition) is 2. The van der Waals surface area contributed by atoms with Gasteiger partial charge in [-0.3, -0.25) is 4.79 Å². The number of carbonyl (C=O) groups excluding carboxylic acids is 1. The number of nitrogens with two attached hydrogens (primary N) is 1. The summed E-state index contributed by atoms with van der Waals surface area (Å²) in [4.78, 5) is 31.6. The second-order valence-electron chi connectivity index (χ2n) is 8.70. The van der Waals surface area contributed by atoms with Gasteiger partial charge in [-0.15, -0.1) is 0 Å². The van der Waals surface area contributed by atoms with Crippen molar-refractivity contribution in [3.63, 3.8) is 0 Å². The highest BCUT2D eigenvalue weighted by Crippen LogP contribution is 2.30. The Hall–Kier alpha value is -3.56. The van der Waals surface area contributed by atoms with E-state index in [-0.39, 0.29) is 5.91 Å². The number of piperidine rings is 1. The molecule has 1 amide bonds. The van der Waals surface area contributed by atoms with Crippen molar-refractivity contribution in [3.8, 4) is 10.4 Å². The third-order valence-corrected chi connectivity index (χ3v) is 7.25. The first-order valence-corrected chi connectivity index (χ1v) is 12.1. The number of carbonyl (C=O) groups is 1. The van der Waals surface area contributed by atoms with E-state index in [2.05, 4.69) is 50.2 Å². The Morgan fingerprint density at radius 1 is 1.09 bits per heavy atom. The fraction of sp³-hybridized carbons (Fsp3) is 0.280. The van der Waals surface area contributed by atoms with Gasteiger partial charge in [0.1, 0.15) is 11.6 Å². The van der Waals surface area contributed by atoms with Crippen molar-refractivity contribution in [2.24, 2.45) is 0 Å². The predicted molar refractivity (Wildman–Crippen MR) is 138 cm³/mol. The maximum Gasteiger partial charge on any atom is 0.257 e. The van der Waals surface area contributed by atoms with Gasteiger partial charge in [-0.25, -0.2) is 15.0 Å². The summed E-state index contributed by atoms with van der Waals surface area (Å²) in [5.41, 5.74) is 7.37. The molecule has 0 atom stereocenters. The Morgan fingerprint density at radius 3 is 2.68 bits per heavy atom. The Balaban J connectivity index is 1.33. The van der Waals surface area contributed by atoms with Gasteiger partial charge in [0, 0.05) is 42.6 Å². The number of amides is 1. The van der Waals surface area contributed by atoms with Crippen LogP contribution in [0.3, 0.4) is 0 Å². The number of nitrogens with one attached hydrogen (secondary N) is 1. The lowest BCUT2D eigenvalue weighted by molar-refractivity contribution is 0.102. The summed E-state index contributed by atoms with van der Waals surface area (Å²) >= 11 is 1.44. The van der Waals surface area contributed by atoms with E-state index in [4.69, 9.17) is 5.73 Å². The zero-order valence-electron chi connectivity index (χ0n) is 19.2. The third kappa shape index (κ3) is 4.71. The monoisotopic (exact) mass is 473 g/mol. The Morgan fingerprint density at radius 2 is 1.91 bits per heavy atom. The Bertz CT molecular complexity index is 1330. The minimum Gasteiger partial charge on any atom is -0.375 e. The number of aromatic nitrogens is 3. The van der Waals surface area contributed by atoms with E-state index >= 15 is 0 Å². The second kappa shape index (κ2) is 9.36. The number of pyridine rings is 2. The molecule has 0 saturated carbocycles. The summed E-state index contributed by atoms with van der Waals surface area (Å²) in [6.07, 6.45) is 7.40. The molecular formula is C25H27N7OS. The molecule has 4 heterocycles. The molecule has 9 heteroatoms. The molecule has 1 fully saturated rings. The maximum atomic E-state index is 13.0. The predicted octanol–water partition coefficient (Wildman–Crippen LogP) is 4.12. The van der Waals surface area contributed by atoms with Crippen LogP contribution in [0.1, 0.15) is 23.2 Å². The van der Waals surface area contributed by atoms with Gasteiger partial charge in [0.2, 0.25) is 0 Å². The Labute approximate surface area is 202 Å². The normalized spacial score (nSPS) is 14.9. The highest BCUT2D eigenvalue weighted by atomic mass is 32.1. The third-order valence-electron chi connectivity index (χ3n) is 6.38. The highest BCUT2D eigenvalue weighted by molar-refractivity contribution is 7.18. The van der Waals surface area contributed by atoms with Crippen LogP contribution in [0.4, 0.5) is 16.8 Å². The summed E-state index contributed by atoms with van der Waals surface area (Å²) in [5, 5.41) is 5.44. The van der Waals surface area contributed by atoms with E-state index in [1.165, 1.54) is 11.3 Å². The average Bonchev–Trinajstić information content (AvgIpc) is 3.30. The first-order chi connectivity index (χ1) is 16.5. The van der Waals surface area contributed by atoms with Gasteiger partial charge in [-0.05, 0) is 68.2 Å². The van der Waals surface area contributed by atoms with E-state index in [0.29, 0.717) is 22.6 Å². The van der Waals surface area contributed by atoms with Crippen LogP contribution >= 0.6 is 11.3 Å². The van der Waals surface area contributed by atoms with Crippen LogP contribution in [0.5, 0.6) is 0 Å². The molecule has 34 heavy (non-hydrogen) atoms. The van der Waals surface area contributed by atoms with Crippen LogP contribution in [0, 0.1) is 0 Å². The van der Waals surface area contributed by atoms with Crippen molar-refractivity contribution in [2.45, 2.75) is 18.9 Å². The number of hydrogen-bond acceptors (Lipinski definition) is 8. The smallest absolute Gasteiger partial charge is 0.257 e. The van der Waals surface area contributed by atoms with Crippen molar-refractivity contribution in [1.29, 1.82) is 0 Å². The number of nitrogen functional groups attached to an aromatic ring is 1. The molecule has 1 aliphatic heterocycles. The lowest BCUT2D eigenvalue weighted by atomic mass is 10.0. The summed E-state index contributed by atoms with van der Waals surface area (Å²) in [5.74, 6) is 1.10. The number of likely N-dealkylation sites (tertiary alicyclic amines) is 1. The maximum absolute atomic E-state index is 13.0. The van der Waals surface area contributed by atoms with E-state index in [1.807, 2.05) is 24.3 Å². The van der Waals surface area contributed by atoms with Crippen LogP contribution in [-0.2, 0) is 0 Å². The highest BCUT2D eigenvalue weighted by Gasteiger charge is 2.22. The zero-order chi connectivity index (χ0) is 23.7. The van der Waals surface area contributed by atoms with Gasteiger partial charge >= 0.3 is 0 Å². The van der Waals surface area contributed by atoms with E-state index in [9.17, 15) is 4.79 Å². The first-order valence-electron chi connectivity index (χ1n) is 11.3. The Kier molecular flexibility index (Phi) is 6.12. The van der Waals surface area contributed by atoms with Crippen LogP contribution in [0.25, 0.3) is 21.2 Å². The van der Waals surface area contributed by atoms with Crippen molar-refractivity contribution >= 4 is 44.8 Å². The molecule has 1 aliphatic rings. The number of rotatable bonds is 5. The van der Waals surface area contributed by atoms with Crippen LogP contribution in [-0.4, -0.2) is 59.0 Å². The largest absolute Gasteiger partial charge is 0.375 e. The minimum atomic E-state index is -0.210. The SMILES string of the molecule is CN1CCC(N(C)c2cc(C(=O)Nc3cc4cc(-c5cnc(N)s5)ccc4cn3)ccn2)CC1. The van der Waals surface area contributed by atoms with E-state index in [0.717, 1.165) is 53.0 Å². The van der Waals surface area contributed by atoms with Gasteiger partial charge in [0.25, 0.3) is 5.91 Å². The van der Waals surface area contributed by atoms with Gasteiger partial charge in [-0.2, -0.15) is 0 Å². The lowest BCUT2D eigenvalue weighted by Crippen LogP contribution is -2.42. The molecule has 1 saturated heterocycles. The zero-order valence-corrected chi connectivity index (χ0v) is 20.0. The molecule has 3 N–H and O–H groups in total. The molecule has 0 spiro atoms. The van der Waals surface area contributed by atoms with Crippen LogP contribution in [0.2, 0.25) is 0 Å². The van der Waals surface area contributed by atoms with Gasteiger partial charge in [0.15, 0.2) is 5.13 Å². The molecule has 1 aromatic carbocycles. The standard InChI is InChI=1S/C25H27N7OS/c1-31-9-6-20(7-10-31)32(2)23-13-17(5-8-27-23)24(33)30-22-12-19-11-16(3-4-18(19)14-28-22)21-15-29-25(26)34-21/h3-5,8,11-15,20H,6-7,9-10H2,1-2H3,(H2,26,29)(H,28,30,33). The molecule has 0 radical (unpaired) electrons. The topological polar surface area (TPSA) is 100 Å². The summed E-state index contributed by atoms with van der Waals surface area (Å²) < 4.78 is 0. The molecular weight excluding hydrogens is 446 g/mol. The number of thiazole rings is 1. The number of anilines is 3. The summed E-state index contributed by atoms with van der Waals surface area (Å²) in [6, 6.07) is 12.0. The van der Waals surface area contributed by atoms with Crippen molar-refractivity contribution in [3.05, 3.63) is 60.6 Å². The van der Waals surface area contributed by atoms with Gasteiger partial charge in [-0.1, -0.05) is 23.5 Å². The summed E-state index contributed by atoms with van der Waals surface area (Å²) in [6.45, 7) is 2.14. The van der Waals surface area contributed by atoms with E-state index in [1.54, 1.807) is 24.7 Å². The fourth-order valence-corrected chi connectivity index (χ4v) is 4.97. The number of benzene rings is 1. The fourth-order valence-electron chi connectivity index (χ4n) is 4.29. The molecule has 5 rings (SSSR count). The lowest BCUT2D eigenvalue weighted by Gasteiger charge is -2.35. The number of fused-ring (bicyclic) bond motifs is 1. The van der Waals surface area contributed by atoms with Crippen LogP contribution < -0.4 is 16.0 Å². The molecule has 8 nitrogen and oxygen atoms in total. The van der Waals surface area contributed by atoms with Crippen molar-refractivity contribution in [1.82, 2.24) is 19.9 Å². The molecule has 174 valence electrons. The van der Waals surface area contributed by atoms with Crippen molar-refractivity contribution < 1.29 is 4.79 Å².